The van der Waals surface area contributed by atoms with Crippen LogP contribution in [0.5, 0.6) is 0 Å². The van der Waals surface area contributed by atoms with Gasteiger partial charge in [-0.05, 0) is 24.6 Å². The fourth-order valence-corrected chi connectivity index (χ4v) is 1.66. The van der Waals surface area contributed by atoms with E-state index in [1.807, 2.05) is 30.5 Å². The van der Waals surface area contributed by atoms with Gasteiger partial charge in [0.25, 0.3) is 0 Å². The molecule has 0 aliphatic rings. The Morgan fingerprint density at radius 2 is 2.14 bits per heavy atom. The summed E-state index contributed by atoms with van der Waals surface area (Å²) >= 11 is 0. The molecule has 3 nitrogen and oxygen atoms in total. The number of hydrogen-bond acceptors (Lipinski definition) is 2. The molecule has 4 N–H and O–H groups in total. The summed E-state index contributed by atoms with van der Waals surface area (Å²) < 4.78 is 0. The maximum absolute atomic E-state index is 9.44. The van der Waals surface area contributed by atoms with Crippen LogP contribution in [0, 0.1) is 0 Å². The number of nitrogens with two attached hydrogens (primary N) is 1. The van der Waals surface area contributed by atoms with Crippen molar-refractivity contribution in [2.45, 2.75) is 19.1 Å². The number of benzene rings is 1. The molecule has 1 heterocycles. The summed E-state index contributed by atoms with van der Waals surface area (Å²) in [4.78, 5) is 3.12. The minimum absolute atomic E-state index is 0.325. The summed E-state index contributed by atoms with van der Waals surface area (Å²) in [5.74, 6) is 0. The molecule has 0 aliphatic heterocycles. The summed E-state index contributed by atoms with van der Waals surface area (Å²) in [5.41, 5.74) is 7.94. The van der Waals surface area contributed by atoms with Gasteiger partial charge in [-0.2, -0.15) is 0 Å². The molecule has 0 bridgehead atoms. The van der Waals surface area contributed by atoms with E-state index in [9.17, 15) is 5.11 Å². The van der Waals surface area contributed by atoms with Gasteiger partial charge in [0, 0.05) is 17.1 Å². The first-order valence-electron chi connectivity index (χ1n) is 4.70. The Morgan fingerprint density at radius 3 is 2.86 bits per heavy atom. The van der Waals surface area contributed by atoms with E-state index in [0.717, 1.165) is 16.5 Å². The molecule has 2 aromatic rings. The summed E-state index contributed by atoms with van der Waals surface area (Å²) in [6, 6.07) is 7.54. The Morgan fingerprint density at radius 1 is 1.36 bits per heavy atom. The highest BCUT2D eigenvalue weighted by Gasteiger charge is 2.14. The molecule has 0 unspecified atom stereocenters. The molecule has 2 atom stereocenters. The van der Waals surface area contributed by atoms with E-state index >= 15 is 0 Å². The standard InChI is InChI=1S/C11H14N2O/c1-7(14)11(12)9-3-2-4-10-8(9)5-6-13-10/h2-7,11,13-14H,12H2,1H3/t7-,11-/m0/s1. The van der Waals surface area contributed by atoms with Crippen LogP contribution in [-0.2, 0) is 0 Å². The average Bonchev–Trinajstić information content (AvgIpc) is 2.63. The van der Waals surface area contributed by atoms with E-state index in [1.54, 1.807) is 6.92 Å². The van der Waals surface area contributed by atoms with Crippen LogP contribution in [0.2, 0.25) is 0 Å². The summed E-state index contributed by atoms with van der Waals surface area (Å²) in [6.07, 6.45) is 1.35. The Hall–Kier alpha value is -1.32. The largest absolute Gasteiger partial charge is 0.391 e. The number of H-pyrrole nitrogens is 1. The molecule has 0 saturated heterocycles. The molecule has 0 amide bonds. The van der Waals surface area contributed by atoms with E-state index in [0.29, 0.717) is 0 Å². The van der Waals surface area contributed by atoms with Crippen molar-refractivity contribution in [3.05, 3.63) is 36.0 Å². The Bertz CT molecular complexity index is 434. The number of hydrogen-bond donors (Lipinski definition) is 3. The minimum atomic E-state index is -0.532. The third-order valence-corrected chi connectivity index (χ3v) is 2.51. The number of aromatic amines is 1. The van der Waals surface area contributed by atoms with E-state index in [4.69, 9.17) is 5.73 Å². The van der Waals surface area contributed by atoms with Crippen molar-refractivity contribution in [3.63, 3.8) is 0 Å². The quantitative estimate of drug-likeness (QED) is 0.672. The first-order valence-corrected chi connectivity index (χ1v) is 4.70. The SMILES string of the molecule is C[C@H](O)[C@H](N)c1cccc2[nH]ccc12. The second kappa shape index (κ2) is 3.44. The molecular formula is C11H14N2O. The van der Waals surface area contributed by atoms with Gasteiger partial charge in [0.2, 0.25) is 0 Å². The minimum Gasteiger partial charge on any atom is -0.391 e. The molecule has 0 fully saturated rings. The van der Waals surface area contributed by atoms with E-state index in [1.165, 1.54) is 0 Å². The highest BCUT2D eigenvalue weighted by Crippen LogP contribution is 2.23. The normalized spacial score (nSPS) is 15.6. The van der Waals surface area contributed by atoms with Crippen LogP contribution in [0.3, 0.4) is 0 Å². The highest BCUT2D eigenvalue weighted by atomic mass is 16.3. The summed E-state index contributed by atoms with van der Waals surface area (Å²) in [6.45, 7) is 1.70. The number of fused-ring (bicyclic) bond motifs is 1. The van der Waals surface area contributed by atoms with Gasteiger partial charge >= 0.3 is 0 Å². The second-order valence-corrected chi connectivity index (χ2v) is 3.55. The van der Waals surface area contributed by atoms with Gasteiger partial charge in [-0.1, -0.05) is 12.1 Å². The Balaban J connectivity index is 2.56. The monoisotopic (exact) mass is 190 g/mol. The smallest absolute Gasteiger partial charge is 0.0704 e. The van der Waals surface area contributed by atoms with E-state index < -0.39 is 6.10 Å². The molecule has 0 spiro atoms. The van der Waals surface area contributed by atoms with Crippen LogP contribution >= 0.6 is 0 Å². The molecule has 1 aromatic heterocycles. The van der Waals surface area contributed by atoms with Crippen molar-refractivity contribution < 1.29 is 5.11 Å². The molecule has 1 aromatic carbocycles. The average molecular weight is 190 g/mol. The van der Waals surface area contributed by atoms with Crippen molar-refractivity contribution in [2.75, 3.05) is 0 Å². The lowest BCUT2D eigenvalue weighted by Gasteiger charge is -2.15. The zero-order chi connectivity index (χ0) is 10.1. The van der Waals surface area contributed by atoms with E-state index in [2.05, 4.69) is 4.98 Å². The zero-order valence-electron chi connectivity index (χ0n) is 8.07. The van der Waals surface area contributed by atoms with Crippen molar-refractivity contribution in [1.82, 2.24) is 4.98 Å². The van der Waals surface area contributed by atoms with Crippen molar-refractivity contribution >= 4 is 10.9 Å². The predicted octanol–water partition coefficient (Wildman–Crippen LogP) is 1.55. The molecule has 74 valence electrons. The first kappa shape index (κ1) is 9.24. The van der Waals surface area contributed by atoms with Crippen LogP contribution in [0.1, 0.15) is 18.5 Å². The van der Waals surface area contributed by atoms with Gasteiger partial charge in [-0.15, -0.1) is 0 Å². The fourth-order valence-electron chi connectivity index (χ4n) is 1.66. The molecule has 3 heteroatoms. The van der Waals surface area contributed by atoms with Crippen LogP contribution in [0.4, 0.5) is 0 Å². The van der Waals surface area contributed by atoms with Gasteiger partial charge in [-0.3, -0.25) is 0 Å². The van der Waals surface area contributed by atoms with Crippen LogP contribution in [0.15, 0.2) is 30.5 Å². The molecule has 0 radical (unpaired) electrons. The molecule has 14 heavy (non-hydrogen) atoms. The van der Waals surface area contributed by atoms with Crippen LogP contribution in [-0.4, -0.2) is 16.2 Å². The lowest BCUT2D eigenvalue weighted by molar-refractivity contribution is 0.165. The third kappa shape index (κ3) is 1.41. The summed E-state index contributed by atoms with van der Waals surface area (Å²) in [7, 11) is 0. The van der Waals surface area contributed by atoms with Gasteiger partial charge < -0.3 is 15.8 Å². The zero-order valence-corrected chi connectivity index (χ0v) is 8.07. The Labute approximate surface area is 82.6 Å². The van der Waals surface area contributed by atoms with Gasteiger partial charge in [0.1, 0.15) is 0 Å². The van der Waals surface area contributed by atoms with E-state index in [-0.39, 0.29) is 6.04 Å². The molecule has 0 aliphatic carbocycles. The lowest BCUT2D eigenvalue weighted by atomic mass is 10.00. The third-order valence-electron chi connectivity index (χ3n) is 2.51. The second-order valence-electron chi connectivity index (χ2n) is 3.55. The van der Waals surface area contributed by atoms with Crippen molar-refractivity contribution in [3.8, 4) is 0 Å². The first-order chi connectivity index (χ1) is 6.70. The predicted molar refractivity (Wildman–Crippen MR) is 56.9 cm³/mol. The maximum Gasteiger partial charge on any atom is 0.0704 e. The number of rotatable bonds is 2. The lowest BCUT2D eigenvalue weighted by Crippen LogP contribution is -2.23. The summed E-state index contributed by atoms with van der Waals surface area (Å²) in [5, 5.41) is 10.5. The topological polar surface area (TPSA) is 62.0 Å². The highest BCUT2D eigenvalue weighted by molar-refractivity contribution is 5.83. The number of aromatic nitrogens is 1. The number of aliphatic hydroxyl groups excluding tert-OH is 1. The molecular weight excluding hydrogens is 176 g/mol. The maximum atomic E-state index is 9.44. The number of nitrogens with one attached hydrogen (secondary N) is 1. The van der Waals surface area contributed by atoms with Crippen LogP contribution in [0.25, 0.3) is 10.9 Å². The van der Waals surface area contributed by atoms with Crippen molar-refractivity contribution in [2.24, 2.45) is 5.73 Å². The molecule has 2 rings (SSSR count). The molecule has 0 saturated carbocycles. The Kier molecular flexibility index (Phi) is 2.27. The van der Waals surface area contributed by atoms with Crippen LogP contribution < -0.4 is 5.73 Å². The van der Waals surface area contributed by atoms with Gasteiger partial charge in [-0.25, -0.2) is 0 Å². The van der Waals surface area contributed by atoms with Gasteiger partial charge in [0.05, 0.1) is 12.1 Å². The van der Waals surface area contributed by atoms with Crippen molar-refractivity contribution in [1.29, 1.82) is 0 Å². The number of aliphatic hydroxyl groups is 1. The van der Waals surface area contributed by atoms with Gasteiger partial charge in [0.15, 0.2) is 0 Å². The fraction of sp³-hybridized carbons (Fsp3) is 0.273.